The van der Waals surface area contributed by atoms with E-state index in [1.54, 1.807) is 7.11 Å². The molecule has 4 nitrogen and oxygen atoms in total. The quantitative estimate of drug-likeness (QED) is 0.708. The summed E-state index contributed by atoms with van der Waals surface area (Å²) in [4.78, 5) is 14.5. The third-order valence-electron chi connectivity index (χ3n) is 3.74. The molecule has 1 saturated heterocycles. The summed E-state index contributed by atoms with van der Waals surface area (Å²) < 4.78 is 5.07. The summed E-state index contributed by atoms with van der Waals surface area (Å²) in [5.74, 6) is 0.825. The predicted octanol–water partition coefficient (Wildman–Crippen LogP) is 2.00. The van der Waals surface area contributed by atoms with Gasteiger partial charge in [-0.1, -0.05) is 20.8 Å². The molecule has 0 spiro atoms. The van der Waals surface area contributed by atoms with Crippen LogP contribution in [0.4, 0.5) is 0 Å². The number of carbonyl (C=O) groups excluding carboxylic acids is 1. The molecule has 18 heavy (non-hydrogen) atoms. The van der Waals surface area contributed by atoms with Crippen molar-refractivity contribution >= 4 is 5.91 Å². The minimum atomic E-state index is -0.382. The lowest BCUT2D eigenvalue weighted by Gasteiger charge is -2.25. The van der Waals surface area contributed by atoms with Gasteiger partial charge in [-0.25, -0.2) is 0 Å². The highest BCUT2D eigenvalue weighted by molar-refractivity contribution is 5.88. The van der Waals surface area contributed by atoms with Crippen molar-refractivity contribution in [1.29, 1.82) is 0 Å². The van der Waals surface area contributed by atoms with Gasteiger partial charge in [0.1, 0.15) is 0 Å². The first-order valence-electron chi connectivity index (χ1n) is 7.02. The number of nitrogens with zero attached hydrogens (tertiary/aromatic N) is 1. The van der Waals surface area contributed by atoms with Crippen LogP contribution in [-0.2, 0) is 9.53 Å². The largest absolute Gasteiger partial charge is 0.385 e. The monoisotopic (exact) mass is 256 g/mol. The van der Waals surface area contributed by atoms with Gasteiger partial charge in [0.05, 0.1) is 11.7 Å². The fraction of sp³-hybridized carbons (Fsp3) is 0.929. The van der Waals surface area contributed by atoms with Gasteiger partial charge < -0.3 is 9.64 Å². The summed E-state index contributed by atoms with van der Waals surface area (Å²) in [6.45, 7) is 9.96. The highest BCUT2D eigenvalue weighted by atomic mass is 16.5. The van der Waals surface area contributed by atoms with Crippen molar-refractivity contribution in [1.82, 2.24) is 10.2 Å². The fourth-order valence-corrected chi connectivity index (χ4v) is 2.49. The lowest BCUT2D eigenvalue weighted by Crippen LogP contribution is -2.44. The minimum Gasteiger partial charge on any atom is -0.385 e. The van der Waals surface area contributed by atoms with Crippen molar-refractivity contribution in [2.45, 2.75) is 58.7 Å². The summed E-state index contributed by atoms with van der Waals surface area (Å²) in [5.41, 5.74) is -0.382. The molecular formula is C14H28N2O2. The van der Waals surface area contributed by atoms with Crippen LogP contribution in [0.2, 0.25) is 0 Å². The van der Waals surface area contributed by atoms with E-state index in [1.165, 1.54) is 0 Å². The van der Waals surface area contributed by atoms with Gasteiger partial charge in [0, 0.05) is 20.3 Å². The van der Waals surface area contributed by atoms with Crippen molar-refractivity contribution in [3.8, 4) is 0 Å². The Morgan fingerprint density at radius 3 is 2.67 bits per heavy atom. The average molecular weight is 256 g/mol. The van der Waals surface area contributed by atoms with Gasteiger partial charge in [-0.15, -0.1) is 0 Å². The van der Waals surface area contributed by atoms with E-state index in [2.05, 4.69) is 26.1 Å². The molecule has 2 unspecified atom stereocenters. The van der Waals surface area contributed by atoms with Gasteiger partial charge in [0.2, 0.25) is 5.91 Å². The van der Waals surface area contributed by atoms with E-state index in [-0.39, 0.29) is 17.6 Å². The van der Waals surface area contributed by atoms with Crippen LogP contribution in [0.15, 0.2) is 0 Å². The van der Waals surface area contributed by atoms with Crippen LogP contribution in [0.25, 0.3) is 0 Å². The molecule has 0 radical (unpaired) electrons. The Morgan fingerprint density at radius 2 is 2.17 bits per heavy atom. The molecule has 0 saturated carbocycles. The average Bonchev–Trinajstić information content (AvgIpc) is 2.54. The van der Waals surface area contributed by atoms with Gasteiger partial charge in [-0.05, 0) is 32.1 Å². The van der Waals surface area contributed by atoms with Gasteiger partial charge in [-0.2, -0.15) is 0 Å². The maximum atomic E-state index is 12.5. The number of hydrogen-bond acceptors (Lipinski definition) is 3. The molecule has 0 aromatic carbocycles. The summed E-state index contributed by atoms with van der Waals surface area (Å²) >= 11 is 0. The third-order valence-corrected chi connectivity index (χ3v) is 3.74. The van der Waals surface area contributed by atoms with Crippen LogP contribution in [0, 0.1) is 5.92 Å². The minimum absolute atomic E-state index is 0.180. The third kappa shape index (κ3) is 3.45. The number of nitrogens with one attached hydrogen (secondary N) is 1. The Hall–Kier alpha value is -0.610. The number of amides is 1. The first-order valence-corrected chi connectivity index (χ1v) is 7.02. The van der Waals surface area contributed by atoms with Crippen LogP contribution in [0.3, 0.4) is 0 Å². The zero-order chi connectivity index (χ0) is 13.8. The zero-order valence-electron chi connectivity index (χ0n) is 12.5. The topological polar surface area (TPSA) is 41.6 Å². The first kappa shape index (κ1) is 15.4. The van der Waals surface area contributed by atoms with Gasteiger partial charge >= 0.3 is 0 Å². The van der Waals surface area contributed by atoms with Gasteiger partial charge in [0.25, 0.3) is 0 Å². The Kier molecular flexibility index (Phi) is 5.60. The predicted molar refractivity (Wildman–Crippen MR) is 73.3 cm³/mol. The standard InChI is InChI=1S/C14H28N2O2/c1-6-14(4)13(17)16(8-7-9-18-5)12(15-14)10-11(2)3/h11-12,15H,6-10H2,1-5H3. The van der Waals surface area contributed by atoms with E-state index in [4.69, 9.17) is 4.74 Å². The van der Waals surface area contributed by atoms with Gasteiger partial charge in [-0.3, -0.25) is 10.1 Å². The molecule has 1 N–H and O–H groups in total. The summed E-state index contributed by atoms with van der Waals surface area (Å²) in [5, 5.41) is 3.51. The fourth-order valence-electron chi connectivity index (χ4n) is 2.49. The maximum Gasteiger partial charge on any atom is 0.243 e. The lowest BCUT2D eigenvalue weighted by molar-refractivity contribution is -0.133. The van der Waals surface area contributed by atoms with E-state index in [0.717, 1.165) is 25.8 Å². The molecule has 1 aliphatic heterocycles. The summed E-state index contributed by atoms with van der Waals surface area (Å²) in [7, 11) is 1.70. The zero-order valence-corrected chi connectivity index (χ0v) is 12.5. The van der Waals surface area contributed by atoms with E-state index >= 15 is 0 Å². The number of carbonyl (C=O) groups is 1. The van der Waals surface area contributed by atoms with Crippen LogP contribution >= 0.6 is 0 Å². The molecule has 1 fully saturated rings. The lowest BCUT2D eigenvalue weighted by atomic mass is 9.99. The maximum absolute atomic E-state index is 12.5. The second kappa shape index (κ2) is 6.53. The Bertz CT molecular complexity index is 281. The van der Waals surface area contributed by atoms with Crippen molar-refractivity contribution in [2.75, 3.05) is 20.3 Å². The number of rotatable bonds is 7. The molecule has 1 rings (SSSR count). The number of ether oxygens (including phenoxy) is 1. The van der Waals surface area contributed by atoms with Crippen molar-refractivity contribution in [3.63, 3.8) is 0 Å². The molecule has 0 aromatic heterocycles. The molecule has 1 aliphatic rings. The molecule has 0 aromatic rings. The summed E-state index contributed by atoms with van der Waals surface area (Å²) in [6.07, 6.45) is 2.92. The molecule has 2 atom stereocenters. The molecule has 1 heterocycles. The molecule has 1 amide bonds. The van der Waals surface area contributed by atoms with Crippen LogP contribution in [-0.4, -0.2) is 42.8 Å². The Morgan fingerprint density at radius 1 is 1.50 bits per heavy atom. The van der Waals surface area contributed by atoms with Gasteiger partial charge in [0.15, 0.2) is 0 Å². The molecule has 0 bridgehead atoms. The number of hydrogen-bond donors (Lipinski definition) is 1. The SMILES string of the molecule is CCC1(C)NC(CC(C)C)N(CCCOC)C1=O. The van der Waals surface area contributed by atoms with Crippen molar-refractivity contribution in [2.24, 2.45) is 5.92 Å². The Balaban J connectivity index is 2.70. The first-order chi connectivity index (χ1) is 8.44. The van der Waals surface area contributed by atoms with Crippen molar-refractivity contribution < 1.29 is 9.53 Å². The smallest absolute Gasteiger partial charge is 0.243 e. The van der Waals surface area contributed by atoms with Crippen LogP contribution < -0.4 is 5.32 Å². The van der Waals surface area contributed by atoms with E-state index < -0.39 is 0 Å². The van der Waals surface area contributed by atoms with E-state index in [0.29, 0.717) is 12.5 Å². The molecular weight excluding hydrogens is 228 g/mol. The van der Waals surface area contributed by atoms with Crippen LogP contribution in [0.1, 0.15) is 47.0 Å². The van der Waals surface area contributed by atoms with Crippen molar-refractivity contribution in [3.05, 3.63) is 0 Å². The second-order valence-corrected chi connectivity index (χ2v) is 5.82. The molecule has 4 heteroatoms. The van der Waals surface area contributed by atoms with Crippen LogP contribution in [0.5, 0.6) is 0 Å². The molecule has 106 valence electrons. The van der Waals surface area contributed by atoms with E-state index in [1.807, 2.05) is 11.8 Å². The van der Waals surface area contributed by atoms with E-state index in [9.17, 15) is 4.79 Å². The normalized spacial score (nSPS) is 28.4. The Labute approximate surface area is 111 Å². The number of methoxy groups -OCH3 is 1. The molecule has 0 aliphatic carbocycles. The highest BCUT2D eigenvalue weighted by Gasteiger charge is 2.46. The summed E-state index contributed by atoms with van der Waals surface area (Å²) in [6, 6.07) is 0. The second-order valence-electron chi connectivity index (χ2n) is 5.82. The highest BCUT2D eigenvalue weighted by Crippen LogP contribution is 2.26.